The molecular weight excluding hydrogens is 264 g/mol. The molecule has 0 unspecified atom stereocenters. The van der Waals surface area contributed by atoms with Gasteiger partial charge in [0.1, 0.15) is 5.75 Å². The Morgan fingerprint density at radius 2 is 2.14 bits per heavy atom. The van der Waals surface area contributed by atoms with Gasteiger partial charge in [0.25, 0.3) is 0 Å². The lowest BCUT2D eigenvalue weighted by atomic mass is 10.1. The summed E-state index contributed by atoms with van der Waals surface area (Å²) >= 11 is 0. The Hall–Kier alpha value is -1.55. The Balaban J connectivity index is 2.18. The van der Waals surface area contributed by atoms with Gasteiger partial charge in [0.15, 0.2) is 0 Å². The molecule has 1 amide bonds. The first kappa shape index (κ1) is 17.5. The summed E-state index contributed by atoms with van der Waals surface area (Å²) in [6, 6.07) is 7.95. The molecule has 4 heteroatoms. The first-order valence-corrected chi connectivity index (χ1v) is 7.74. The van der Waals surface area contributed by atoms with Crippen molar-refractivity contribution in [2.24, 2.45) is 0 Å². The van der Waals surface area contributed by atoms with Crippen LogP contribution in [0.2, 0.25) is 0 Å². The number of hydrogen-bond donors (Lipinski definition) is 1. The molecule has 118 valence electrons. The topological polar surface area (TPSA) is 41.6 Å². The number of nitrogens with zero attached hydrogens (tertiary/aromatic N) is 1. The third kappa shape index (κ3) is 7.71. The lowest BCUT2D eigenvalue weighted by molar-refractivity contribution is -0.121. The molecular formula is C17H28N2O2. The fraction of sp³-hybridized carbons (Fsp3) is 0.588. The third-order valence-corrected chi connectivity index (χ3v) is 3.48. The molecule has 21 heavy (non-hydrogen) atoms. The van der Waals surface area contributed by atoms with Gasteiger partial charge in [0.2, 0.25) is 5.91 Å². The van der Waals surface area contributed by atoms with Crippen LogP contribution in [0.3, 0.4) is 0 Å². The summed E-state index contributed by atoms with van der Waals surface area (Å²) in [5.41, 5.74) is 1.18. The van der Waals surface area contributed by atoms with E-state index >= 15 is 0 Å². The van der Waals surface area contributed by atoms with E-state index in [2.05, 4.69) is 24.2 Å². The highest BCUT2D eigenvalue weighted by Gasteiger charge is 2.04. The number of unbranched alkanes of at least 4 members (excludes halogenated alkanes) is 1. The first-order chi connectivity index (χ1) is 10.2. The molecule has 0 aliphatic heterocycles. The zero-order valence-corrected chi connectivity index (χ0v) is 13.5. The second-order valence-corrected chi connectivity index (χ2v) is 5.36. The lowest BCUT2D eigenvalue weighted by Crippen LogP contribution is -2.30. The standard InChI is InChI=1S/C17H28N2O2/c1-4-5-12-19(2)13-10-17(20)18-11-9-15-7-6-8-16(14-15)21-3/h6-8,14H,4-5,9-13H2,1-3H3,(H,18,20). The molecule has 0 bridgehead atoms. The van der Waals surface area contributed by atoms with E-state index < -0.39 is 0 Å². The molecule has 1 aromatic rings. The van der Waals surface area contributed by atoms with Crippen LogP contribution in [0.1, 0.15) is 31.7 Å². The number of amides is 1. The average molecular weight is 292 g/mol. The summed E-state index contributed by atoms with van der Waals surface area (Å²) in [5.74, 6) is 0.984. The number of hydrogen-bond acceptors (Lipinski definition) is 3. The fourth-order valence-electron chi connectivity index (χ4n) is 2.09. The molecule has 0 aliphatic carbocycles. The second kappa shape index (κ2) is 10.2. The summed E-state index contributed by atoms with van der Waals surface area (Å²) < 4.78 is 5.19. The minimum atomic E-state index is 0.126. The number of benzene rings is 1. The van der Waals surface area contributed by atoms with Crippen LogP contribution in [0.5, 0.6) is 5.75 Å². The van der Waals surface area contributed by atoms with Gasteiger partial charge in [-0.25, -0.2) is 0 Å². The largest absolute Gasteiger partial charge is 0.497 e. The molecule has 0 radical (unpaired) electrons. The maximum Gasteiger partial charge on any atom is 0.221 e. The Morgan fingerprint density at radius 1 is 1.33 bits per heavy atom. The van der Waals surface area contributed by atoms with Gasteiger partial charge in [-0.3, -0.25) is 4.79 Å². The normalized spacial score (nSPS) is 10.7. The van der Waals surface area contributed by atoms with Gasteiger partial charge in [-0.2, -0.15) is 0 Å². The van der Waals surface area contributed by atoms with E-state index in [1.807, 2.05) is 24.3 Å². The zero-order chi connectivity index (χ0) is 15.5. The van der Waals surface area contributed by atoms with E-state index in [1.165, 1.54) is 18.4 Å². The SMILES string of the molecule is CCCCN(C)CCC(=O)NCCc1cccc(OC)c1. The van der Waals surface area contributed by atoms with Gasteiger partial charge in [0, 0.05) is 19.5 Å². The first-order valence-electron chi connectivity index (χ1n) is 7.74. The summed E-state index contributed by atoms with van der Waals surface area (Å²) in [4.78, 5) is 14.0. The Morgan fingerprint density at radius 3 is 2.86 bits per heavy atom. The molecule has 4 nitrogen and oxygen atoms in total. The van der Waals surface area contributed by atoms with Crippen LogP contribution in [0, 0.1) is 0 Å². The molecule has 1 aromatic carbocycles. The van der Waals surface area contributed by atoms with Crippen molar-refractivity contribution < 1.29 is 9.53 Å². The number of nitrogens with one attached hydrogen (secondary N) is 1. The Kier molecular flexibility index (Phi) is 8.51. The van der Waals surface area contributed by atoms with E-state index in [0.717, 1.165) is 25.3 Å². The molecule has 0 aliphatic rings. The number of carbonyl (C=O) groups is 1. The van der Waals surface area contributed by atoms with Gasteiger partial charge in [0.05, 0.1) is 7.11 Å². The van der Waals surface area contributed by atoms with E-state index in [9.17, 15) is 4.79 Å². The number of methoxy groups -OCH3 is 1. The van der Waals surface area contributed by atoms with Crippen molar-refractivity contribution in [3.8, 4) is 5.75 Å². The van der Waals surface area contributed by atoms with Gasteiger partial charge < -0.3 is 15.0 Å². The van der Waals surface area contributed by atoms with Crippen molar-refractivity contribution in [2.45, 2.75) is 32.6 Å². The van der Waals surface area contributed by atoms with Crippen molar-refractivity contribution in [3.63, 3.8) is 0 Å². The minimum Gasteiger partial charge on any atom is -0.497 e. The van der Waals surface area contributed by atoms with Crippen LogP contribution < -0.4 is 10.1 Å². The van der Waals surface area contributed by atoms with Crippen LogP contribution in [0.15, 0.2) is 24.3 Å². The Labute approximate surface area is 128 Å². The summed E-state index contributed by atoms with van der Waals surface area (Å²) in [6.45, 7) is 4.74. The maximum atomic E-state index is 11.8. The lowest BCUT2D eigenvalue weighted by Gasteiger charge is -2.15. The molecule has 1 rings (SSSR count). The highest BCUT2D eigenvalue weighted by Crippen LogP contribution is 2.12. The van der Waals surface area contributed by atoms with Crippen molar-refractivity contribution in [3.05, 3.63) is 29.8 Å². The fourth-order valence-corrected chi connectivity index (χ4v) is 2.09. The monoisotopic (exact) mass is 292 g/mol. The van der Waals surface area contributed by atoms with Gasteiger partial charge >= 0.3 is 0 Å². The number of ether oxygens (including phenoxy) is 1. The van der Waals surface area contributed by atoms with Crippen molar-refractivity contribution in [1.29, 1.82) is 0 Å². The second-order valence-electron chi connectivity index (χ2n) is 5.36. The predicted molar refractivity (Wildman–Crippen MR) is 86.7 cm³/mol. The predicted octanol–water partition coefficient (Wildman–Crippen LogP) is 2.48. The van der Waals surface area contributed by atoms with Crippen LogP contribution in [0.4, 0.5) is 0 Å². The van der Waals surface area contributed by atoms with Crippen LogP contribution in [-0.4, -0.2) is 44.6 Å². The highest BCUT2D eigenvalue weighted by molar-refractivity contribution is 5.76. The molecule has 0 saturated carbocycles. The van der Waals surface area contributed by atoms with Gasteiger partial charge in [-0.1, -0.05) is 25.5 Å². The molecule has 0 heterocycles. The van der Waals surface area contributed by atoms with Crippen LogP contribution in [-0.2, 0) is 11.2 Å². The van der Waals surface area contributed by atoms with Gasteiger partial charge in [-0.05, 0) is 44.1 Å². The molecule has 0 aromatic heterocycles. The number of carbonyl (C=O) groups excluding carboxylic acids is 1. The highest BCUT2D eigenvalue weighted by atomic mass is 16.5. The third-order valence-electron chi connectivity index (χ3n) is 3.48. The average Bonchev–Trinajstić information content (AvgIpc) is 2.51. The van der Waals surface area contributed by atoms with E-state index in [0.29, 0.717) is 13.0 Å². The number of rotatable bonds is 10. The van der Waals surface area contributed by atoms with Crippen molar-refractivity contribution in [1.82, 2.24) is 10.2 Å². The van der Waals surface area contributed by atoms with Crippen molar-refractivity contribution >= 4 is 5.91 Å². The Bertz CT molecular complexity index is 421. The van der Waals surface area contributed by atoms with Gasteiger partial charge in [-0.15, -0.1) is 0 Å². The smallest absolute Gasteiger partial charge is 0.221 e. The minimum absolute atomic E-state index is 0.126. The molecule has 1 N–H and O–H groups in total. The summed E-state index contributed by atoms with van der Waals surface area (Å²) in [7, 11) is 3.73. The van der Waals surface area contributed by atoms with E-state index in [1.54, 1.807) is 7.11 Å². The molecule has 0 atom stereocenters. The summed E-state index contributed by atoms with van der Waals surface area (Å²) in [6.07, 6.45) is 3.78. The van der Waals surface area contributed by atoms with E-state index in [-0.39, 0.29) is 5.91 Å². The maximum absolute atomic E-state index is 11.8. The van der Waals surface area contributed by atoms with E-state index in [4.69, 9.17) is 4.74 Å². The quantitative estimate of drug-likeness (QED) is 0.720. The van der Waals surface area contributed by atoms with Crippen LogP contribution in [0.25, 0.3) is 0 Å². The summed E-state index contributed by atoms with van der Waals surface area (Å²) in [5, 5.41) is 2.97. The van der Waals surface area contributed by atoms with Crippen molar-refractivity contribution in [2.75, 3.05) is 33.8 Å². The zero-order valence-electron chi connectivity index (χ0n) is 13.5. The molecule has 0 saturated heterocycles. The molecule has 0 spiro atoms. The molecule has 0 fully saturated rings. The van der Waals surface area contributed by atoms with Crippen LogP contribution >= 0.6 is 0 Å².